The number of hydrogen-bond donors (Lipinski definition) is 1. The van der Waals surface area contributed by atoms with Crippen LogP contribution in [0, 0.1) is 0 Å². The van der Waals surface area contributed by atoms with Crippen molar-refractivity contribution >= 4 is 33.2 Å². The summed E-state index contributed by atoms with van der Waals surface area (Å²) in [6, 6.07) is 3.94. The number of esters is 1. The largest absolute Gasteiger partial charge is 0.468 e. The van der Waals surface area contributed by atoms with Crippen LogP contribution in [0.5, 0.6) is 0 Å². The monoisotopic (exact) mass is 317 g/mol. The van der Waals surface area contributed by atoms with Gasteiger partial charge in [0.25, 0.3) is 10.0 Å². The first-order chi connectivity index (χ1) is 9.36. The van der Waals surface area contributed by atoms with Crippen LogP contribution in [0.4, 0.5) is 0 Å². The van der Waals surface area contributed by atoms with Gasteiger partial charge in [0.15, 0.2) is 10.2 Å². The summed E-state index contributed by atoms with van der Waals surface area (Å²) >= 11 is 5.88. The Labute approximate surface area is 120 Å². The van der Waals surface area contributed by atoms with Crippen LogP contribution in [0.1, 0.15) is 6.92 Å². The van der Waals surface area contributed by atoms with Crippen molar-refractivity contribution in [1.29, 1.82) is 0 Å². The molecular weight excluding hydrogens is 306 g/mol. The van der Waals surface area contributed by atoms with Crippen LogP contribution in [0.2, 0.25) is 5.15 Å². The van der Waals surface area contributed by atoms with E-state index >= 15 is 0 Å². The zero-order chi connectivity index (χ0) is 14.9. The number of fused-ring (bicyclic) bond motifs is 1. The molecule has 0 aromatic carbocycles. The first-order valence-electron chi connectivity index (χ1n) is 5.59. The van der Waals surface area contributed by atoms with E-state index in [0.29, 0.717) is 5.65 Å². The van der Waals surface area contributed by atoms with E-state index < -0.39 is 22.0 Å². The fraction of sp³-hybridized carbons (Fsp3) is 0.273. The van der Waals surface area contributed by atoms with Gasteiger partial charge in [-0.2, -0.15) is 4.72 Å². The molecule has 0 fully saturated rings. The van der Waals surface area contributed by atoms with Gasteiger partial charge in [0.2, 0.25) is 0 Å². The standard InChI is InChI=1S/C11H12ClN3O4S/c1-7(11(16)19-2)14-20(17,18)10-9(12)13-8-5-3-4-6-15(8)10/h3-7,14H,1-2H3/t7-/m0/s1. The minimum absolute atomic E-state index is 0.166. The van der Waals surface area contributed by atoms with Crippen molar-refractivity contribution in [3.8, 4) is 0 Å². The van der Waals surface area contributed by atoms with Gasteiger partial charge in [-0.15, -0.1) is 0 Å². The third kappa shape index (κ3) is 2.62. The number of sulfonamides is 1. The number of hydrogen-bond acceptors (Lipinski definition) is 5. The molecule has 0 bridgehead atoms. The predicted octanol–water partition coefficient (Wildman–Crippen LogP) is 0.827. The van der Waals surface area contributed by atoms with Gasteiger partial charge < -0.3 is 4.74 Å². The maximum absolute atomic E-state index is 12.3. The molecule has 0 saturated carbocycles. The molecule has 0 aliphatic rings. The second-order valence-corrected chi connectivity index (χ2v) is 5.99. The fourth-order valence-electron chi connectivity index (χ4n) is 1.70. The van der Waals surface area contributed by atoms with Gasteiger partial charge in [0.1, 0.15) is 11.7 Å². The average Bonchev–Trinajstić information content (AvgIpc) is 2.73. The summed E-state index contributed by atoms with van der Waals surface area (Å²) in [5, 5.41) is -0.383. The topological polar surface area (TPSA) is 89.8 Å². The normalized spacial score (nSPS) is 13.3. The molecular formula is C11H12ClN3O4S. The summed E-state index contributed by atoms with van der Waals surface area (Å²) < 4.78 is 32.6. The van der Waals surface area contributed by atoms with Crippen molar-refractivity contribution in [2.24, 2.45) is 0 Å². The van der Waals surface area contributed by atoms with Gasteiger partial charge in [-0.1, -0.05) is 17.7 Å². The molecule has 0 radical (unpaired) electrons. The van der Waals surface area contributed by atoms with Crippen LogP contribution >= 0.6 is 11.6 Å². The van der Waals surface area contributed by atoms with Crippen LogP contribution in [0.15, 0.2) is 29.4 Å². The van der Waals surface area contributed by atoms with E-state index in [1.807, 2.05) is 0 Å². The van der Waals surface area contributed by atoms with Gasteiger partial charge in [0.05, 0.1) is 7.11 Å². The Balaban J connectivity index is 2.47. The quantitative estimate of drug-likeness (QED) is 0.843. The molecule has 0 saturated heterocycles. The van der Waals surface area contributed by atoms with Crippen molar-refractivity contribution < 1.29 is 17.9 Å². The van der Waals surface area contributed by atoms with E-state index in [1.54, 1.807) is 18.2 Å². The van der Waals surface area contributed by atoms with Crippen molar-refractivity contribution in [3.63, 3.8) is 0 Å². The molecule has 2 aromatic rings. The summed E-state index contributed by atoms with van der Waals surface area (Å²) in [5.74, 6) is -0.696. The minimum Gasteiger partial charge on any atom is -0.468 e. The predicted molar refractivity (Wildman–Crippen MR) is 72.0 cm³/mol. The summed E-state index contributed by atoms with van der Waals surface area (Å²) in [5.41, 5.74) is 0.392. The Morgan fingerprint density at radius 3 is 2.85 bits per heavy atom. The molecule has 2 heterocycles. The highest BCUT2D eigenvalue weighted by atomic mass is 35.5. The third-order valence-corrected chi connectivity index (χ3v) is 4.53. The molecule has 0 aliphatic carbocycles. The van der Waals surface area contributed by atoms with E-state index in [9.17, 15) is 13.2 Å². The van der Waals surface area contributed by atoms with Crippen LogP contribution in [-0.4, -0.2) is 36.9 Å². The van der Waals surface area contributed by atoms with E-state index in [2.05, 4.69) is 14.4 Å². The first kappa shape index (κ1) is 14.8. The van der Waals surface area contributed by atoms with Gasteiger partial charge in [-0.3, -0.25) is 9.20 Å². The molecule has 7 nitrogen and oxygen atoms in total. The lowest BCUT2D eigenvalue weighted by Crippen LogP contribution is -2.39. The molecule has 0 aliphatic heterocycles. The Morgan fingerprint density at radius 1 is 1.50 bits per heavy atom. The average molecular weight is 318 g/mol. The Bertz CT molecular complexity index is 756. The summed E-state index contributed by atoms with van der Waals surface area (Å²) in [4.78, 5) is 15.2. The highest BCUT2D eigenvalue weighted by Crippen LogP contribution is 2.22. The number of halogens is 1. The molecule has 9 heteroatoms. The van der Waals surface area contributed by atoms with Crippen LogP contribution in [0.25, 0.3) is 5.65 Å². The number of ether oxygens (including phenoxy) is 1. The third-order valence-electron chi connectivity index (χ3n) is 2.59. The number of pyridine rings is 1. The molecule has 108 valence electrons. The smallest absolute Gasteiger partial charge is 0.323 e. The molecule has 1 atom stereocenters. The molecule has 0 spiro atoms. The molecule has 1 N–H and O–H groups in total. The van der Waals surface area contributed by atoms with Crippen LogP contribution in [-0.2, 0) is 19.6 Å². The van der Waals surface area contributed by atoms with Crippen molar-refractivity contribution in [1.82, 2.24) is 14.1 Å². The molecule has 2 rings (SSSR count). The van der Waals surface area contributed by atoms with Crippen LogP contribution in [0.3, 0.4) is 0 Å². The van der Waals surface area contributed by atoms with Gasteiger partial charge in [0, 0.05) is 6.20 Å². The van der Waals surface area contributed by atoms with Gasteiger partial charge in [-0.05, 0) is 19.1 Å². The zero-order valence-electron chi connectivity index (χ0n) is 10.7. The summed E-state index contributed by atoms with van der Waals surface area (Å²) in [6.07, 6.45) is 1.52. The fourth-order valence-corrected chi connectivity index (χ4v) is 3.53. The Kier molecular flexibility index (Phi) is 3.98. The number of nitrogens with one attached hydrogen (secondary N) is 1. The highest BCUT2D eigenvalue weighted by Gasteiger charge is 2.28. The van der Waals surface area contributed by atoms with Crippen LogP contribution < -0.4 is 4.72 Å². The van der Waals surface area contributed by atoms with Crippen molar-refractivity contribution in [3.05, 3.63) is 29.5 Å². The number of nitrogens with zero attached hydrogens (tertiary/aromatic N) is 2. The van der Waals surface area contributed by atoms with E-state index in [0.717, 1.165) is 0 Å². The summed E-state index contributed by atoms with van der Waals surface area (Å²) in [6.45, 7) is 1.38. The number of aromatic nitrogens is 2. The van der Waals surface area contributed by atoms with Crippen molar-refractivity contribution in [2.45, 2.75) is 18.0 Å². The highest BCUT2D eigenvalue weighted by molar-refractivity contribution is 7.89. The van der Waals surface area contributed by atoms with E-state index in [4.69, 9.17) is 11.6 Å². The van der Waals surface area contributed by atoms with Gasteiger partial charge in [-0.25, -0.2) is 13.4 Å². The van der Waals surface area contributed by atoms with E-state index in [1.165, 1.54) is 24.6 Å². The molecule has 0 unspecified atom stereocenters. The lowest BCUT2D eigenvalue weighted by atomic mass is 10.4. The molecule has 2 aromatic heterocycles. The zero-order valence-corrected chi connectivity index (χ0v) is 12.3. The summed E-state index contributed by atoms with van der Waals surface area (Å²) in [7, 11) is -2.84. The lowest BCUT2D eigenvalue weighted by Gasteiger charge is -2.11. The SMILES string of the molecule is COC(=O)[C@H](C)NS(=O)(=O)c1c(Cl)nc2ccccn12. The maximum atomic E-state index is 12.3. The van der Waals surface area contributed by atoms with E-state index in [-0.39, 0.29) is 10.2 Å². The van der Waals surface area contributed by atoms with Gasteiger partial charge >= 0.3 is 5.97 Å². The number of methoxy groups -OCH3 is 1. The Morgan fingerprint density at radius 2 is 2.20 bits per heavy atom. The number of rotatable bonds is 4. The first-order valence-corrected chi connectivity index (χ1v) is 7.45. The number of carbonyl (C=O) groups is 1. The Hall–Kier alpha value is -1.64. The number of imidazole rings is 1. The maximum Gasteiger partial charge on any atom is 0.323 e. The van der Waals surface area contributed by atoms with Crippen molar-refractivity contribution in [2.75, 3.05) is 7.11 Å². The lowest BCUT2D eigenvalue weighted by molar-refractivity contribution is -0.142. The second-order valence-electron chi connectivity index (χ2n) is 4.00. The minimum atomic E-state index is -4.01. The molecule has 0 amide bonds. The number of carbonyl (C=O) groups excluding carboxylic acids is 1. The molecule has 20 heavy (non-hydrogen) atoms. The second kappa shape index (κ2) is 5.39.